The molecule has 2 heterocycles. The highest BCUT2D eigenvalue weighted by Crippen LogP contribution is 2.11. The quantitative estimate of drug-likeness (QED) is 0.828. The van der Waals surface area contributed by atoms with E-state index < -0.39 is 0 Å². The number of piperazine rings is 1. The Labute approximate surface area is 155 Å². The lowest BCUT2D eigenvalue weighted by molar-refractivity contribution is -0.117. The van der Waals surface area contributed by atoms with Crippen molar-refractivity contribution in [1.29, 1.82) is 0 Å². The van der Waals surface area contributed by atoms with Gasteiger partial charge in [-0.05, 0) is 11.5 Å². The van der Waals surface area contributed by atoms with Gasteiger partial charge in [0.25, 0.3) is 0 Å². The van der Waals surface area contributed by atoms with Crippen LogP contribution in [-0.2, 0) is 17.9 Å². The molecule has 0 aliphatic carbocycles. The third-order valence-corrected chi connectivity index (χ3v) is 4.60. The summed E-state index contributed by atoms with van der Waals surface area (Å²) in [5.41, 5.74) is 1.34. The average Bonchev–Trinajstić information content (AvgIpc) is 3.03. The molecule has 1 aliphatic rings. The fourth-order valence-electron chi connectivity index (χ4n) is 3.26. The summed E-state index contributed by atoms with van der Waals surface area (Å²) in [5.74, 6) is 1.31. The number of nitrogens with zero attached hydrogens (tertiary/aromatic N) is 4. The fraction of sp³-hybridized carbons (Fsp3) is 0.500. The molecule has 0 spiro atoms. The van der Waals surface area contributed by atoms with Crippen molar-refractivity contribution < 1.29 is 4.79 Å². The number of benzene rings is 1. The molecule has 3 rings (SSSR count). The van der Waals surface area contributed by atoms with Crippen molar-refractivity contribution in [2.45, 2.75) is 26.9 Å². The maximum absolute atomic E-state index is 12.4. The van der Waals surface area contributed by atoms with Crippen LogP contribution in [0.1, 0.15) is 19.4 Å². The first kappa shape index (κ1) is 18.6. The summed E-state index contributed by atoms with van der Waals surface area (Å²) in [4.78, 5) is 17.0. The molecule has 2 aromatic rings. The highest BCUT2D eigenvalue weighted by molar-refractivity contribution is 5.91. The van der Waals surface area contributed by atoms with Crippen LogP contribution >= 0.6 is 0 Å². The molecule has 1 amide bonds. The summed E-state index contributed by atoms with van der Waals surface area (Å²) < 4.78 is 1.86. The number of amides is 1. The Bertz CT molecular complexity index is 689. The van der Waals surface area contributed by atoms with E-state index in [1.54, 1.807) is 6.20 Å². The van der Waals surface area contributed by atoms with Gasteiger partial charge in [-0.2, -0.15) is 5.10 Å². The number of nitrogens with one attached hydrogen (secondary N) is 1. The first-order valence-corrected chi connectivity index (χ1v) is 9.40. The summed E-state index contributed by atoms with van der Waals surface area (Å²) in [7, 11) is 0. The zero-order valence-electron chi connectivity index (χ0n) is 15.8. The second-order valence-corrected chi connectivity index (χ2v) is 7.38. The molecule has 1 aromatic heterocycles. The zero-order chi connectivity index (χ0) is 18.4. The standard InChI is InChI=1S/C20H29N5O/c1-17(2)14-25-19(8-9-21-25)22-20(26)16-24-12-10-23(11-13-24)15-18-6-4-3-5-7-18/h3-9,17H,10-16H2,1-2H3,(H,22,26). The summed E-state index contributed by atoms with van der Waals surface area (Å²) in [6, 6.07) is 12.4. The maximum atomic E-state index is 12.4. The molecule has 1 N–H and O–H groups in total. The van der Waals surface area contributed by atoms with E-state index in [0.29, 0.717) is 12.5 Å². The van der Waals surface area contributed by atoms with Crippen LogP contribution in [0, 0.1) is 5.92 Å². The molecule has 0 saturated carbocycles. The molecule has 1 saturated heterocycles. The maximum Gasteiger partial charge on any atom is 0.239 e. The first-order valence-electron chi connectivity index (χ1n) is 9.40. The fourth-order valence-corrected chi connectivity index (χ4v) is 3.26. The Morgan fingerprint density at radius 1 is 1.08 bits per heavy atom. The minimum Gasteiger partial charge on any atom is -0.310 e. The second-order valence-electron chi connectivity index (χ2n) is 7.38. The van der Waals surface area contributed by atoms with Crippen molar-refractivity contribution in [3.63, 3.8) is 0 Å². The molecule has 1 fully saturated rings. The largest absolute Gasteiger partial charge is 0.310 e. The van der Waals surface area contributed by atoms with Crippen LogP contribution < -0.4 is 5.32 Å². The van der Waals surface area contributed by atoms with Gasteiger partial charge in [0.05, 0.1) is 12.7 Å². The molecule has 0 bridgehead atoms. The van der Waals surface area contributed by atoms with Gasteiger partial charge in [-0.15, -0.1) is 0 Å². The van der Waals surface area contributed by atoms with Gasteiger partial charge in [0.1, 0.15) is 5.82 Å². The summed E-state index contributed by atoms with van der Waals surface area (Å²) in [6.45, 7) is 10.3. The first-order chi connectivity index (χ1) is 12.6. The topological polar surface area (TPSA) is 53.4 Å². The lowest BCUT2D eigenvalue weighted by Gasteiger charge is -2.34. The van der Waals surface area contributed by atoms with Gasteiger partial charge in [-0.25, -0.2) is 4.68 Å². The van der Waals surface area contributed by atoms with Crippen molar-refractivity contribution in [2.24, 2.45) is 5.92 Å². The van der Waals surface area contributed by atoms with Crippen molar-refractivity contribution >= 4 is 11.7 Å². The third-order valence-electron chi connectivity index (χ3n) is 4.60. The lowest BCUT2D eigenvalue weighted by Crippen LogP contribution is -2.48. The van der Waals surface area contributed by atoms with E-state index >= 15 is 0 Å². The molecule has 6 heteroatoms. The van der Waals surface area contributed by atoms with Gasteiger partial charge >= 0.3 is 0 Å². The summed E-state index contributed by atoms with van der Waals surface area (Å²) in [6.07, 6.45) is 1.74. The molecule has 1 aliphatic heterocycles. The van der Waals surface area contributed by atoms with E-state index in [9.17, 15) is 4.79 Å². The molecule has 0 unspecified atom stereocenters. The second kappa shape index (κ2) is 8.96. The van der Waals surface area contributed by atoms with Gasteiger partial charge in [0.15, 0.2) is 0 Å². The van der Waals surface area contributed by atoms with E-state index in [2.05, 4.69) is 58.3 Å². The van der Waals surface area contributed by atoms with Crippen LogP contribution in [0.4, 0.5) is 5.82 Å². The molecule has 6 nitrogen and oxygen atoms in total. The number of hydrogen-bond donors (Lipinski definition) is 1. The van der Waals surface area contributed by atoms with Gasteiger partial charge in [-0.3, -0.25) is 14.6 Å². The Kier molecular flexibility index (Phi) is 6.41. The SMILES string of the molecule is CC(C)Cn1nccc1NC(=O)CN1CCN(Cc2ccccc2)CC1. The predicted molar refractivity (Wildman–Crippen MR) is 104 cm³/mol. The molecule has 26 heavy (non-hydrogen) atoms. The molecule has 0 radical (unpaired) electrons. The summed E-state index contributed by atoms with van der Waals surface area (Å²) in [5, 5.41) is 7.29. The Balaban J connectivity index is 1.43. The number of aromatic nitrogens is 2. The molecular formula is C20H29N5O. The van der Waals surface area contributed by atoms with Crippen LogP contribution in [-0.4, -0.2) is 58.2 Å². The minimum absolute atomic E-state index is 0.0343. The smallest absolute Gasteiger partial charge is 0.239 e. The molecular weight excluding hydrogens is 326 g/mol. The highest BCUT2D eigenvalue weighted by atomic mass is 16.2. The van der Waals surface area contributed by atoms with Crippen LogP contribution in [0.25, 0.3) is 0 Å². The van der Waals surface area contributed by atoms with Gasteiger partial charge < -0.3 is 5.32 Å². The number of carbonyl (C=O) groups is 1. The zero-order valence-corrected chi connectivity index (χ0v) is 15.8. The van der Waals surface area contributed by atoms with E-state index in [1.165, 1.54) is 5.56 Å². The Hall–Kier alpha value is -2.18. The molecule has 140 valence electrons. The van der Waals surface area contributed by atoms with Crippen LogP contribution in [0.3, 0.4) is 0 Å². The van der Waals surface area contributed by atoms with Gasteiger partial charge in [0.2, 0.25) is 5.91 Å². The van der Waals surface area contributed by atoms with E-state index in [0.717, 1.165) is 45.1 Å². The predicted octanol–water partition coefficient (Wildman–Crippen LogP) is 2.30. The van der Waals surface area contributed by atoms with E-state index in [4.69, 9.17) is 0 Å². The molecule has 0 atom stereocenters. The van der Waals surface area contributed by atoms with Crippen LogP contribution in [0.5, 0.6) is 0 Å². The monoisotopic (exact) mass is 355 g/mol. The lowest BCUT2D eigenvalue weighted by atomic mass is 10.2. The average molecular weight is 355 g/mol. The Morgan fingerprint density at radius 3 is 2.46 bits per heavy atom. The molecule has 1 aromatic carbocycles. The minimum atomic E-state index is 0.0343. The van der Waals surface area contributed by atoms with Crippen molar-refractivity contribution in [3.8, 4) is 0 Å². The number of carbonyl (C=O) groups excluding carboxylic acids is 1. The number of rotatable bonds is 7. The van der Waals surface area contributed by atoms with Crippen molar-refractivity contribution in [3.05, 3.63) is 48.2 Å². The third kappa shape index (κ3) is 5.41. The summed E-state index contributed by atoms with van der Waals surface area (Å²) >= 11 is 0. The number of hydrogen-bond acceptors (Lipinski definition) is 4. The Morgan fingerprint density at radius 2 is 1.77 bits per heavy atom. The van der Waals surface area contributed by atoms with Gasteiger partial charge in [-0.1, -0.05) is 44.2 Å². The van der Waals surface area contributed by atoms with E-state index in [-0.39, 0.29) is 5.91 Å². The normalized spacial score (nSPS) is 16.1. The van der Waals surface area contributed by atoms with Crippen LogP contribution in [0.2, 0.25) is 0 Å². The van der Waals surface area contributed by atoms with E-state index in [1.807, 2.05) is 16.8 Å². The van der Waals surface area contributed by atoms with Crippen molar-refractivity contribution in [1.82, 2.24) is 19.6 Å². The number of anilines is 1. The van der Waals surface area contributed by atoms with Gasteiger partial charge in [0, 0.05) is 45.3 Å². The van der Waals surface area contributed by atoms with Crippen molar-refractivity contribution in [2.75, 3.05) is 38.0 Å². The van der Waals surface area contributed by atoms with Crippen LogP contribution in [0.15, 0.2) is 42.6 Å². The highest BCUT2D eigenvalue weighted by Gasteiger charge is 2.19.